The van der Waals surface area contributed by atoms with Crippen LogP contribution in [0.25, 0.3) is 0 Å². The number of hydrogen-bond acceptors (Lipinski definition) is 3. The molecule has 0 aromatic heterocycles. The molecule has 0 atom stereocenters. The highest BCUT2D eigenvalue weighted by Gasteiger charge is 2.26. The van der Waals surface area contributed by atoms with E-state index in [-0.39, 0.29) is 11.7 Å². The predicted octanol–water partition coefficient (Wildman–Crippen LogP) is 2.33. The van der Waals surface area contributed by atoms with Crippen molar-refractivity contribution >= 4 is 27.6 Å². The van der Waals surface area contributed by atoms with Gasteiger partial charge in [-0.05, 0) is 37.0 Å². The summed E-state index contributed by atoms with van der Waals surface area (Å²) in [5, 5.41) is 21.3. The fourth-order valence-corrected chi connectivity index (χ4v) is 2.33. The van der Waals surface area contributed by atoms with E-state index in [1.54, 1.807) is 18.2 Å². The lowest BCUT2D eigenvalue weighted by Gasteiger charge is -2.31. The second kappa shape index (κ2) is 5.06. The van der Waals surface area contributed by atoms with Crippen LogP contribution < -0.4 is 5.32 Å². The van der Waals surface area contributed by atoms with Crippen molar-refractivity contribution in [3.63, 3.8) is 0 Å². The number of carboxylic acids is 1. The van der Waals surface area contributed by atoms with E-state index in [4.69, 9.17) is 5.11 Å². The number of rotatable bonds is 4. The largest absolute Gasteiger partial charge is 0.478 e. The summed E-state index contributed by atoms with van der Waals surface area (Å²) in [6.45, 7) is 0.702. The average molecular weight is 300 g/mol. The van der Waals surface area contributed by atoms with Gasteiger partial charge in [-0.1, -0.05) is 15.9 Å². The normalized spacial score (nSPS) is 22.9. The number of nitrogens with one attached hydrogen (secondary N) is 1. The number of aliphatic hydroxyl groups is 1. The molecule has 17 heavy (non-hydrogen) atoms. The number of anilines is 1. The molecule has 3 N–H and O–H groups in total. The Morgan fingerprint density at radius 2 is 2.18 bits per heavy atom. The fourth-order valence-electron chi connectivity index (χ4n) is 1.97. The minimum Gasteiger partial charge on any atom is -0.478 e. The van der Waals surface area contributed by atoms with E-state index < -0.39 is 5.97 Å². The van der Waals surface area contributed by atoms with Crippen LogP contribution in [0.5, 0.6) is 0 Å². The van der Waals surface area contributed by atoms with E-state index in [0.29, 0.717) is 18.2 Å². The number of benzene rings is 1. The highest BCUT2D eigenvalue weighted by Crippen LogP contribution is 2.28. The van der Waals surface area contributed by atoms with E-state index in [2.05, 4.69) is 21.2 Å². The standard InChI is InChI=1S/C12H14BrNO3/c13-8-1-2-10(12(16)17)11(5-8)14-6-7-3-9(15)4-7/h1-2,5,7,9,14-15H,3-4,6H2,(H,16,17). The van der Waals surface area contributed by atoms with Gasteiger partial charge in [0, 0.05) is 16.7 Å². The molecule has 1 aromatic rings. The Kier molecular flexibility index (Phi) is 3.69. The molecule has 92 valence electrons. The average Bonchev–Trinajstić information content (AvgIpc) is 2.22. The minimum absolute atomic E-state index is 0.178. The Morgan fingerprint density at radius 1 is 1.47 bits per heavy atom. The third-order valence-corrected chi connectivity index (χ3v) is 3.50. The van der Waals surface area contributed by atoms with Gasteiger partial charge < -0.3 is 15.5 Å². The quantitative estimate of drug-likeness (QED) is 0.798. The van der Waals surface area contributed by atoms with Gasteiger partial charge in [-0.2, -0.15) is 0 Å². The first kappa shape index (κ1) is 12.4. The van der Waals surface area contributed by atoms with Gasteiger partial charge >= 0.3 is 5.97 Å². The third kappa shape index (κ3) is 2.98. The van der Waals surface area contributed by atoms with E-state index in [9.17, 15) is 9.90 Å². The topological polar surface area (TPSA) is 69.6 Å². The number of hydrogen-bond donors (Lipinski definition) is 3. The van der Waals surface area contributed by atoms with Crippen LogP contribution in [0.2, 0.25) is 0 Å². The van der Waals surface area contributed by atoms with E-state index in [1.807, 2.05) is 0 Å². The molecule has 1 aromatic carbocycles. The van der Waals surface area contributed by atoms with Crippen LogP contribution in [0, 0.1) is 5.92 Å². The molecule has 1 saturated carbocycles. The molecule has 0 unspecified atom stereocenters. The van der Waals surface area contributed by atoms with Crippen molar-refractivity contribution < 1.29 is 15.0 Å². The molecule has 2 rings (SSSR count). The number of halogens is 1. The smallest absolute Gasteiger partial charge is 0.337 e. The molecule has 0 bridgehead atoms. The van der Waals surface area contributed by atoms with Crippen LogP contribution >= 0.6 is 15.9 Å². The Hall–Kier alpha value is -1.07. The predicted molar refractivity (Wildman–Crippen MR) is 68.3 cm³/mol. The molecular formula is C12H14BrNO3. The zero-order chi connectivity index (χ0) is 12.4. The molecule has 1 aliphatic carbocycles. The molecular weight excluding hydrogens is 286 g/mol. The minimum atomic E-state index is -0.936. The Labute approximate surface area is 108 Å². The molecule has 0 saturated heterocycles. The third-order valence-electron chi connectivity index (χ3n) is 3.00. The summed E-state index contributed by atoms with van der Waals surface area (Å²) in [6.07, 6.45) is 1.41. The summed E-state index contributed by atoms with van der Waals surface area (Å²) in [6, 6.07) is 5.05. The fraction of sp³-hybridized carbons (Fsp3) is 0.417. The summed E-state index contributed by atoms with van der Waals surface area (Å²) in [5.41, 5.74) is 0.890. The van der Waals surface area contributed by atoms with Gasteiger partial charge in [0.1, 0.15) is 0 Å². The molecule has 0 heterocycles. The van der Waals surface area contributed by atoms with Crippen LogP contribution in [0.1, 0.15) is 23.2 Å². The number of aromatic carboxylic acids is 1. The zero-order valence-corrected chi connectivity index (χ0v) is 10.8. The lowest BCUT2D eigenvalue weighted by atomic mass is 9.82. The molecule has 4 nitrogen and oxygen atoms in total. The van der Waals surface area contributed by atoms with Gasteiger partial charge in [0.25, 0.3) is 0 Å². The van der Waals surface area contributed by atoms with Crippen molar-refractivity contribution in [1.82, 2.24) is 0 Å². The molecule has 0 radical (unpaired) electrons. The molecule has 0 aliphatic heterocycles. The summed E-state index contributed by atoms with van der Waals surface area (Å²) >= 11 is 3.32. The Balaban J connectivity index is 2.03. The summed E-state index contributed by atoms with van der Waals surface area (Å²) in [5.74, 6) is -0.501. The molecule has 1 aliphatic rings. The van der Waals surface area contributed by atoms with Gasteiger partial charge in [0.15, 0.2) is 0 Å². The van der Waals surface area contributed by atoms with Crippen molar-refractivity contribution in [3.05, 3.63) is 28.2 Å². The number of carboxylic acid groups (broad SMARTS) is 1. The summed E-state index contributed by atoms with van der Waals surface area (Å²) in [4.78, 5) is 11.0. The van der Waals surface area contributed by atoms with E-state index in [0.717, 1.165) is 17.3 Å². The van der Waals surface area contributed by atoms with Gasteiger partial charge in [-0.15, -0.1) is 0 Å². The van der Waals surface area contributed by atoms with Crippen LogP contribution in [0.4, 0.5) is 5.69 Å². The first-order chi connectivity index (χ1) is 8.06. The van der Waals surface area contributed by atoms with Crippen molar-refractivity contribution in [2.24, 2.45) is 5.92 Å². The Morgan fingerprint density at radius 3 is 2.76 bits per heavy atom. The van der Waals surface area contributed by atoms with E-state index in [1.165, 1.54) is 0 Å². The summed E-state index contributed by atoms with van der Waals surface area (Å²) in [7, 11) is 0. The first-order valence-electron chi connectivity index (χ1n) is 5.51. The van der Waals surface area contributed by atoms with Crippen LogP contribution in [0.3, 0.4) is 0 Å². The highest BCUT2D eigenvalue weighted by atomic mass is 79.9. The maximum Gasteiger partial charge on any atom is 0.337 e. The molecule has 0 amide bonds. The van der Waals surface area contributed by atoms with Crippen molar-refractivity contribution in [2.75, 3.05) is 11.9 Å². The van der Waals surface area contributed by atoms with Crippen molar-refractivity contribution in [3.8, 4) is 0 Å². The van der Waals surface area contributed by atoms with Crippen LogP contribution in [-0.2, 0) is 0 Å². The molecule has 5 heteroatoms. The van der Waals surface area contributed by atoms with Crippen molar-refractivity contribution in [2.45, 2.75) is 18.9 Å². The van der Waals surface area contributed by atoms with Gasteiger partial charge in [0.05, 0.1) is 11.7 Å². The Bertz CT molecular complexity index is 430. The lowest BCUT2D eigenvalue weighted by Crippen LogP contribution is -2.33. The molecule has 0 spiro atoms. The number of aliphatic hydroxyl groups excluding tert-OH is 1. The maximum atomic E-state index is 11.0. The number of carbonyl (C=O) groups is 1. The zero-order valence-electron chi connectivity index (χ0n) is 9.19. The maximum absolute atomic E-state index is 11.0. The van der Waals surface area contributed by atoms with Crippen LogP contribution in [-0.4, -0.2) is 28.8 Å². The monoisotopic (exact) mass is 299 g/mol. The SMILES string of the molecule is O=C(O)c1ccc(Br)cc1NCC1CC(O)C1. The first-order valence-corrected chi connectivity index (χ1v) is 6.30. The summed E-state index contributed by atoms with van der Waals surface area (Å²) < 4.78 is 0.846. The second-order valence-corrected chi connectivity index (χ2v) is 5.28. The van der Waals surface area contributed by atoms with Gasteiger partial charge in [0.2, 0.25) is 0 Å². The van der Waals surface area contributed by atoms with Crippen LogP contribution in [0.15, 0.2) is 22.7 Å². The van der Waals surface area contributed by atoms with E-state index >= 15 is 0 Å². The highest BCUT2D eigenvalue weighted by molar-refractivity contribution is 9.10. The van der Waals surface area contributed by atoms with Crippen molar-refractivity contribution in [1.29, 1.82) is 0 Å². The molecule has 1 fully saturated rings. The van der Waals surface area contributed by atoms with Gasteiger partial charge in [-0.3, -0.25) is 0 Å². The second-order valence-electron chi connectivity index (χ2n) is 4.37. The van der Waals surface area contributed by atoms with Gasteiger partial charge in [-0.25, -0.2) is 4.79 Å². The lowest BCUT2D eigenvalue weighted by molar-refractivity contribution is 0.0486.